The number of aromatic nitrogens is 1. The van der Waals surface area contributed by atoms with E-state index in [1.54, 1.807) is 12.1 Å². The maximum atomic E-state index is 12.8. The summed E-state index contributed by atoms with van der Waals surface area (Å²) in [6.45, 7) is 1.33. The smallest absolute Gasteiger partial charge is 0.246 e. The number of rotatable bonds is 6. The lowest BCUT2D eigenvalue weighted by molar-refractivity contribution is -0.120. The maximum absolute atomic E-state index is 12.8. The molecule has 0 unspecified atom stereocenters. The summed E-state index contributed by atoms with van der Waals surface area (Å²) in [5, 5.41) is 11.7. The Balaban J connectivity index is 1.66. The topological polar surface area (TPSA) is 116 Å². The summed E-state index contributed by atoms with van der Waals surface area (Å²) in [6.07, 6.45) is 2.83. The van der Waals surface area contributed by atoms with Gasteiger partial charge in [-0.3, -0.25) is 4.79 Å². The highest BCUT2D eigenvalue weighted by atomic mass is 32.2. The predicted octanol–water partition coefficient (Wildman–Crippen LogP) is 2.07. The van der Waals surface area contributed by atoms with Crippen molar-refractivity contribution >= 4 is 27.4 Å². The summed E-state index contributed by atoms with van der Waals surface area (Å²) in [4.78, 5) is 19.2. The molecule has 9 nitrogen and oxygen atoms in total. The van der Waals surface area contributed by atoms with Gasteiger partial charge in [-0.15, -0.1) is 0 Å². The lowest BCUT2D eigenvalue weighted by Gasteiger charge is -2.32. The first kappa shape index (κ1) is 22.5. The van der Waals surface area contributed by atoms with Crippen molar-refractivity contribution in [2.45, 2.75) is 17.7 Å². The van der Waals surface area contributed by atoms with Crippen molar-refractivity contribution in [3.63, 3.8) is 0 Å². The fourth-order valence-corrected chi connectivity index (χ4v) is 4.48. The SMILES string of the molecule is COc1ccc(NC(=O)C2CCN(c3ccc(C#N)cn3)CC2)cc1S(=O)(=O)N(C)C. The van der Waals surface area contributed by atoms with Crippen molar-refractivity contribution < 1.29 is 17.9 Å². The number of piperidine rings is 1. The monoisotopic (exact) mass is 443 g/mol. The third-order valence-corrected chi connectivity index (χ3v) is 7.09. The van der Waals surface area contributed by atoms with Crippen molar-refractivity contribution in [3.05, 3.63) is 42.1 Å². The zero-order valence-electron chi connectivity index (χ0n) is 17.7. The molecule has 0 atom stereocenters. The molecule has 2 aromatic rings. The molecule has 0 radical (unpaired) electrons. The number of carbonyl (C=O) groups is 1. The van der Waals surface area contributed by atoms with Crippen molar-refractivity contribution in [1.82, 2.24) is 9.29 Å². The van der Waals surface area contributed by atoms with E-state index in [0.29, 0.717) is 37.2 Å². The summed E-state index contributed by atoms with van der Waals surface area (Å²) in [5.74, 6) is 0.665. The van der Waals surface area contributed by atoms with Gasteiger partial charge in [0.1, 0.15) is 22.5 Å². The number of nitrogens with zero attached hydrogens (tertiary/aromatic N) is 4. The van der Waals surface area contributed by atoms with Gasteiger partial charge in [-0.1, -0.05) is 0 Å². The molecule has 1 fully saturated rings. The van der Waals surface area contributed by atoms with Crippen LogP contribution in [0.4, 0.5) is 11.5 Å². The highest BCUT2D eigenvalue weighted by Gasteiger charge is 2.27. The number of nitrogens with one attached hydrogen (secondary N) is 1. The molecular weight excluding hydrogens is 418 g/mol. The third kappa shape index (κ3) is 4.95. The van der Waals surface area contributed by atoms with Crippen LogP contribution in [0.3, 0.4) is 0 Å². The number of sulfonamides is 1. The third-order valence-electron chi connectivity index (χ3n) is 5.26. The predicted molar refractivity (Wildman–Crippen MR) is 116 cm³/mol. The Morgan fingerprint density at radius 3 is 2.52 bits per heavy atom. The first-order valence-electron chi connectivity index (χ1n) is 9.78. The molecule has 1 amide bonds. The number of amides is 1. The molecular formula is C21H25N5O4S. The molecule has 164 valence electrons. The van der Waals surface area contributed by atoms with Crippen LogP contribution in [0.1, 0.15) is 18.4 Å². The van der Waals surface area contributed by atoms with Crippen LogP contribution in [0.15, 0.2) is 41.4 Å². The molecule has 1 N–H and O–H groups in total. The van der Waals surface area contributed by atoms with Crippen molar-refractivity contribution in [3.8, 4) is 11.8 Å². The van der Waals surface area contributed by atoms with Crippen LogP contribution >= 0.6 is 0 Å². The molecule has 1 aromatic carbocycles. The number of hydrogen-bond donors (Lipinski definition) is 1. The minimum atomic E-state index is -3.72. The minimum absolute atomic E-state index is 0.000454. The van der Waals surface area contributed by atoms with E-state index in [1.165, 1.54) is 39.5 Å². The molecule has 2 heterocycles. The lowest BCUT2D eigenvalue weighted by atomic mass is 9.95. The Morgan fingerprint density at radius 1 is 1.26 bits per heavy atom. The molecule has 0 saturated carbocycles. The van der Waals surface area contributed by atoms with E-state index in [9.17, 15) is 13.2 Å². The zero-order valence-corrected chi connectivity index (χ0v) is 18.5. The summed E-state index contributed by atoms with van der Waals surface area (Å²) in [6, 6.07) is 10.2. The van der Waals surface area contributed by atoms with E-state index in [-0.39, 0.29) is 22.5 Å². The Morgan fingerprint density at radius 2 is 1.97 bits per heavy atom. The highest BCUT2D eigenvalue weighted by Crippen LogP contribution is 2.30. The first-order chi connectivity index (χ1) is 14.8. The molecule has 1 aliphatic rings. The molecule has 1 aliphatic heterocycles. The van der Waals surface area contributed by atoms with Gasteiger partial charge in [0, 0.05) is 45.0 Å². The van der Waals surface area contributed by atoms with Crippen LogP contribution in [-0.2, 0) is 14.8 Å². The quantitative estimate of drug-likeness (QED) is 0.726. The van der Waals surface area contributed by atoms with Crippen LogP contribution in [0, 0.1) is 17.2 Å². The van der Waals surface area contributed by atoms with Gasteiger partial charge in [0.2, 0.25) is 15.9 Å². The van der Waals surface area contributed by atoms with Crippen LogP contribution in [0.25, 0.3) is 0 Å². The second-order valence-corrected chi connectivity index (χ2v) is 9.54. The summed E-state index contributed by atoms with van der Waals surface area (Å²) in [5.41, 5.74) is 0.913. The van der Waals surface area contributed by atoms with Gasteiger partial charge in [-0.25, -0.2) is 17.7 Å². The number of ether oxygens (including phenoxy) is 1. The van der Waals surface area contributed by atoms with Gasteiger partial charge in [0.05, 0.1) is 12.7 Å². The molecule has 10 heteroatoms. The van der Waals surface area contributed by atoms with Crippen LogP contribution in [-0.4, -0.2) is 57.9 Å². The van der Waals surface area contributed by atoms with Gasteiger partial charge in [0.25, 0.3) is 0 Å². The molecule has 1 saturated heterocycles. The number of pyridine rings is 1. The Bertz CT molecular complexity index is 1090. The van der Waals surface area contributed by atoms with Crippen molar-refractivity contribution in [2.24, 2.45) is 5.92 Å². The average Bonchev–Trinajstić information content (AvgIpc) is 2.79. The molecule has 31 heavy (non-hydrogen) atoms. The van der Waals surface area contributed by atoms with E-state index in [2.05, 4.69) is 15.2 Å². The summed E-state index contributed by atoms with van der Waals surface area (Å²) in [7, 11) is 0.561. The fraction of sp³-hybridized carbons (Fsp3) is 0.381. The fourth-order valence-electron chi connectivity index (χ4n) is 3.41. The van der Waals surface area contributed by atoms with Crippen molar-refractivity contribution in [2.75, 3.05) is 44.5 Å². The van der Waals surface area contributed by atoms with Crippen LogP contribution in [0.2, 0.25) is 0 Å². The van der Waals surface area contributed by atoms with E-state index in [1.807, 2.05) is 12.1 Å². The number of anilines is 2. The number of benzene rings is 1. The standard InChI is InChI=1S/C21H25N5O4S/c1-25(2)31(28,29)19-12-17(5-6-18(19)30-3)24-21(27)16-8-10-26(11-9-16)20-7-4-15(13-22)14-23-20/h4-7,12,14,16H,8-11H2,1-3H3,(H,24,27). The molecule has 0 aliphatic carbocycles. The number of nitriles is 1. The summed E-state index contributed by atoms with van der Waals surface area (Å²) < 4.78 is 31.4. The Hall–Kier alpha value is -3.16. The molecule has 1 aromatic heterocycles. The van der Waals surface area contributed by atoms with E-state index in [4.69, 9.17) is 10.00 Å². The average molecular weight is 444 g/mol. The Kier molecular flexibility index (Phi) is 6.77. The lowest BCUT2D eigenvalue weighted by Crippen LogP contribution is -2.38. The van der Waals surface area contributed by atoms with E-state index in [0.717, 1.165) is 10.1 Å². The second kappa shape index (κ2) is 9.32. The number of methoxy groups -OCH3 is 1. The van der Waals surface area contributed by atoms with Crippen molar-refractivity contribution in [1.29, 1.82) is 5.26 Å². The minimum Gasteiger partial charge on any atom is -0.495 e. The van der Waals surface area contributed by atoms with Gasteiger partial charge >= 0.3 is 0 Å². The molecule has 0 spiro atoms. The summed E-state index contributed by atoms with van der Waals surface area (Å²) >= 11 is 0. The van der Waals surface area contributed by atoms with Gasteiger partial charge in [-0.2, -0.15) is 5.26 Å². The first-order valence-corrected chi connectivity index (χ1v) is 11.2. The molecule has 3 rings (SSSR count). The van der Waals surface area contributed by atoms with E-state index < -0.39 is 10.0 Å². The maximum Gasteiger partial charge on any atom is 0.246 e. The normalized spacial score (nSPS) is 14.9. The van der Waals surface area contributed by atoms with Gasteiger partial charge in [-0.05, 0) is 43.2 Å². The van der Waals surface area contributed by atoms with Crippen LogP contribution in [0.5, 0.6) is 5.75 Å². The number of hydrogen-bond acceptors (Lipinski definition) is 7. The van der Waals surface area contributed by atoms with Gasteiger partial charge < -0.3 is 15.0 Å². The Labute approximate surface area is 182 Å². The van der Waals surface area contributed by atoms with Gasteiger partial charge in [0.15, 0.2) is 0 Å². The largest absolute Gasteiger partial charge is 0.495 e. The van der Waals surface area contributed by atoms with E-state index >= 15 is 0 Å². The molecule has 0 bridgehead atoms. The zero-order chi connectivity index (χ0) is 22.6. The number of carbonyl (C=O) groups excluding carboxylic acids is 1. The second-order valence-electron chi connectivity index (χ2n) is 7.42. The highest BCUT2D eigenvalue weighted by molar-refractivity contribution is 7.89. The van der Waals surface area contributed by atoms with Crippen LogP contribution < -0.4 is 15.0 Å².